The lowest BCUT2D eigenvalue weighted by molar-refractivity contribution is -0.254. The SMILES string of the molecule is CCCCC1CCC(c2ccc(-c3cc(CCCCCC[Si](C)(C)C[Si](C)(C)C)ccc3C(=O)[O-])cc2)CC1. The van der Waals surface area contributed by atoms with E-state index in [0.717, 1.165) is 23.5 Å². The normalized spacial score (nSPS) is 18.3. The standard InChI is InChI=1S/C35H56O2Si2/c1-7-8-13-28-15-18-30(19-16-28)31-20-22-32(23-21-31)34-26-29(17-24-33(34)35(36)37)14-11-9-10-12-25-39(5,6)27-38(2,3)4/h17,20-24,26,28,30H,7-16,18-19,25,27H2,1-6H3,(H,36,37)/p-1. The number of benzene rings is 2. The Morgan fingerprint density at radius 1 is 0.846 bits per heavy atom. The van der Waals surface area contributed by atoms with Crippen molar-refractivity contribution in [1.82, 2.24) is 0 Å². The van der Waals surface area contributed by atoms with E-state index >= 15 is 0 Å². The Bertz CT molecular complexity index is 1030. The Morgan fingerprint density at radius 3 is 2.13 bits per heavy atom. The van der Waals surface area contributed by atoms with Crippen LogP contribution in [-0.4, -0.2) is 22.1 Å². The molecule has 4 heteroatoms. The lowest BCUT2D eigenvalue weighted by Crippen LogP contribution is -2.37. The summed E-state index contributed by atoms with van der Waals surface area (Å²) in [5.74, 6) is 0.473. The van der Waals surface area contributed by atoms with E-state index in [0.29, 0.717) is 11.5 Å². The van der Waals surface area contributed by atoms with Crippen LogP contribution >= 0.6 is 0 Å². The van der Waals surface area contributed by atoms with Gasteiger partial charge in [-0.3, -0.25) is 0 Å². The van der Waals surface area contributed by atoms with Crippen molar-refractivity contribution in [3.05, 3.63) is 59.2 Å². The average Bonchev–Trinajstić information content (AvgIpc) is 2.88. The summed E-state index contributed by atoms with van der Waals surface area (Å²) in [6.07, 6.45) is 15.4. The van der Waals surface area contributed by atoms with E-state index in [4.69, 9.17) is 0 Å². The lowest BCUT2D eigenvalue weighted by Gasteiger charge is -2.29. The molecule has 39 heavy (non-hydrogen) atoms. The van der Waals surface area contributed by atoms with Crippen LogP contribution in [0.4, 0.5) is 0 Å². The van der Waals surface area contributed by atoms with Gasteiger partial charge in [0.25, 0.3) is 0 Å². The molecular formula is C35H55O2Si2-. The van der Waals surface area contributed by atoms with Gasteiger partial charge >= 0.3 is 0 Å². The molecule has 216 valence electrons. The van der Waals surface area contributed by atoms with Crippen molar-refractivity contribution in [2.45, 2.75) is 134 Å². The first-order chi connectivity index (χ1) is 18.5. The summed E-state index contributed by atoms with van der Waals surface area (Å²) in [4.78, 5) is 11.9. The van der Waals surface area contributed by atoms with Crippen LogP contribution in [0, 0.1) is 5.92 Å². The molecule has 1 fully saturated rings. The monoisotopic (exact) mass is 563 g/mol. The van der Waals surface area contributed by atoms with E-state index in [1.165, 1.54) is 93.5 Å². The van der Waals surface area contributed by atoms with Crippen molar-refractivity contribution < 1.29 is 9.90 Å². The summed E-state index contributed by atoms with van der Waals surface area (Å²) >= 11 is 0. The van der Waals surface area contributed by atoms with Gasteiger partial charge in [0, 0.05) is 21.7 Å². The molecule has 0 atom stereocenters. The molecule has 2 aromatic carbocycles. The molecule has 0 saturated heterocycles. The number of hydrogen-bond acceptors (Lipinski definition) is 2. The first kappa shape index (κ1) is 31.9. The summed E-state index contributed by atoms with van der Waals surface area (Å²) in [6.45, 7) is 15.0. The molecule has 0 unspecified atom stereocenters. The van der Waals surface area contributed by atoms with Crippen LogP contribution in [0.25, 0.3) is 11.1 Å². The number of aryl methyl sites for hydroxylation is 1. The topological polar surface area (TPSA) is 40.1 Å². The van der Waals surface area contributed by atoms with Crippen LogP contribution in [0.2, 0.25) is 44.4 Å². The number of rotatable bonds is 15. The molecule has 1 aliphatic rings. The Balaban J connectivity index is 1.55. The molecular weight excluding hydrogens is 509 g/mol. The molecule has 0 heterocycles. The van der Waals surface area contributed by atoms with Crippen LogP contribution in [0.1, 0.15) is 105 Å². The predicted molar refractivity (Wildman–Crippen MR) is 173 cm³/mol. The van der Waals surface area contributed by atoms with Crippen LogP contribution in [0.3, 0.4) is 0 Å². The first-order valence-corrected chi connectivity index (χ1v) is 23.0. The lowest BCUT2D eigenvalue weighted by atomic mass is 9.77. The van der Waals surface area contributed by atoms with Crippen LogP contribution in [-0.2, 0) is 6.42 Å². The van der Waals surface area contributed by atoms with Crippen LogP contribution in [0.15, 0.2) is 42.5 Å². The molecule has 0 radical (unpaired) electrons. The third kappa shape index (κ3) is 10.7. The number of unbranched alkanes of at least 4 members (excludes halogenated alkanes) is 4. The predicted octanol–water partition coefficient (Wildman–Crippen LogP) is 9.87. The third-order valence-electron chi connectivity index (χ3n) is 8.89. The van der Waals surface area contributed by atoms with Crippen molar-refractivity contribution in [1.29, 1.82) is 0 Å². The molecule has 0 spiro atoms. The van der Waals surface area contributed by atoms with Gasteiger partial charge in [0.05, 0.1) is 5.97 Å². The van der Waals surface area contributed by atoms with Gasteiger partial charge in [0.15, 0.2) is 0 Å². The largest absolute Gasteiger partial charge is 0.545 e. The molecule has 3 rings (SSSR count). The average molecular weight is 564 g/mol. The molecule has 1 aliphatic carbocycles. The maximum absolute atomic E-state index is 11.9. The summed E-state index contributed by atoms with van der Waals surface area (Å²) in [6, 6.07) is 16.1. The minimum Gasteiger partial charge on any atom is -0.545 e. The molecule has 1 saturated carbocycles. The Morgan fingerprint density at radius 2 is 1.51 bits per heavy atom. The smallest absolute Gasteiger partial charge is 0.0721 e. The molecule has 0 bridgehead atoms. The number of hydrogen-bond donors (Lipinski definition) is 0. The van der Waals surface area contributed by atoms with Crippen LogP contribution < -0.4 is 5.11 Å². The zero-order valence-electron chi connectivity index (χ0n) is 25.9. The van der Waals surface area contributed by atoms with Crippen LogP contribution in [0.5, 0.6) is 0 Å². The maximum atomic E-state index is 11.9. The molecule has 2 nitrogen and oxygen atoms in total. The van der Waals surface area contributed by atoms with Crippen molar-refractivity contribution in [3.8, 4) is 11.1 Å². The van der Waals surface area contributed by atoms with E-state index in [1.807, 2.05) is 6.07 Å². The highest BCUT2D eigenvalue weighted by atomic mass is 28.4. The summed E-state index contributed by atoms with van der Waals surface area (Å²) < 4.78 is 0. The van der Waals surface area contributed by atoms with E-state index < -0.39 is 22.1 Å². The second-order valence-corrected chi connectivity index (χ2v) is 25.8. The highest BCUT2D eigenvalue weighted by Gasteiger charge is 2.28. The zero-order valence-corrected chi connectivity index (χ0v) is 27.9. The minimum atomic E-state index is -1.09. The zero-order chi connectivity index (χ0) is 28.5. The molecule has 2 aromatic rings. The number of carbonyl (C=O) groups is 1. The highest BCUT2D eigenvalue weighted by Crippen LogP contribution is 2.38. The van der Waals surface area contributed by atoms with Crippen molar-refractivity contribution >= 4 is 22.1 Å². The fourth-order valence-corrected chi connectivity index (χ4v) is 20.6. The molecule has 0 aromatic heterocycles. The van der Waals surface area contributed by atoms with Crippen molar-refractivity contribution in [3.63, 3.8) is 0 Å². The van der Waals surface area contributed by atoms with E-state index in [2.05, 4.69) is 70.0 Å². The van der Waals surface area contributed by atoms with E-state index in [9.17, 15) is 9.90 Å². The van der Waals surface area contributed by atoms with Gasteiger partial charge < -0.3 is 9.90 Å². The molecule has 0 N–H and O–H groups in total. The fraction of sp³-hybridized carbons (Fsp3) is 0.629. The van der Waals surface area contributed by atoms with Gasteiger partial charge in [-0.2, -0.15) is 0 Å². The maximum Gasteiger partial charge on any atom is 0.0721 e. The third-order valence-corrected chi connectivity index (χ3v) is 18.7. The van der Waals surface area contributed by atoms with Gasteiger partial charge in [-0.1, -0.05) is 132 Å². The number of carbonyl (C=O) groups excluding carboxylic acids is 1. The van der Waals surface area contributed by atoms with Crippen molar-refractivity contribution in [2.75, 3.05) is 0 Å². The van der Waals surface area contributed by atoms with Gasteiger partial charge in [-0.05, 0) is 72.6 Å². The summed E-state index contributed by atoms with van der Waals surface area (Å²) in [5, 5.41) is 11.9. The fourth-order valence-electron chi connectivity index (χ4n) is 7.19. The second-order valence-electron chi connectivity index (χ2n) is 14.5. The first-order valence-electron chi connectivity index (χ1n) is 15.9. The highest BCUT2D eigenvalue weighted by molar-refractivity contribution is 6.94. The Hall–Kier alpha value is -1.66. The summed E-state index contributed by atoms with van der Waals surface area (Å²) in [7, 11) is -2.01. The van der Waals surface area contributed by atoms with Crippen molar-refractivity contribution in [2.24, 2.45) is 5.92 Å². The molecule has 0 amide bonds. The minimum absolute atomic E-state index is 0.303. The Kier molecular flexibility index (Phi) is 12.1. The number of carboxylic acid groups (broad SMARTS) is 1. The van der Waals surface area contributed by atoms with E-state index in [1.54, 1.807) is 6.07 Å². The van der Waals surface area contributed by atoms with Gasteiger partial charge in [0.1, 0.15) is 0 Å². The second kappa shape index (κ2) is 14.8. The van der Waals surface area contributed by atoms with E-state index in [-0.39, 0.29) is 0 Å². The Labute approximate surface area is 242 Å². The van der Waals surface area contributed by atoms with Gasteiger partial charge in [-0.15, -0.1) is 0 Å². The quantitative estimate of drug-likeness (QED) is 0.160. The van der Waals surface area contributed by atoms with Gasteiger partial charge in [0.2, 0.25) is 0 Å². The number of carboxylic acids is 1. The number of aromatic carboxylic acids is 1. The molecule has 0 aliphatic heterocycles. The van der Waals surface area contributed by atoms with Gasteiger partial charge in [-0.25, -0.2) is 0 Å². The summed E-state index contributed by atoms with van der Waals surface area (Å²) in [5.41, 5.74) is 6.28.